The number of hydrogen-bond acceptors (Lipinski definition) is 13. The Hall–Kier alpha value is -3.83. The van der Waals surface area contributed by atoms with Crippen LogP contribution in [0.2, 0.25) is 0 Å². The van der Waals surface area contributed by atoms with Gasteiger partial charge in [0, 0.05) is 49.1 Å². The number of nitriles is 1. The van der Waals surface area contributed by atoms with Gasteiger partial charge in [-0.3, -0.25) is 4.79 Å². The molecule has 0 radical (unpaired) electrons. The Balaban J connectivity index is 1.22. The Morgan fingerprint density at radius 3 is 2.76 bits per heavy atom. The maximum atomic E-state index is 12.1. The van der Waals surface area contributed by atoms with Gasteiger partial charge in [0.2, 0.25) is 29.4 Å². The second kappa shape index (κ2) is 10.5. The number of nitrogen functional groups attached to an aromatic ring is 1. The highest BCUT2D eigenvalue weighted by Crippen LogP contribution is 2.48. The fourth-order valence-corrected chi connectivity index (χ4v) is 8.25. The molecule has 42 heavy (non-hydrogen) atoms. The van der Waals surface area contributed by atoms with Crippen LogP contribution in [0.25, 0.3) is 11.6 Å². The first-order chi connectivity index (χ1) is 20.3. The third-order valence-corrected chi connectivity index (χ3v) is 10.2. The summed E-state index contributed by atoms with van der Waals surface area (Å²) in [6.07, 6.45) is 6.60. The van der Waals surface area contributed by atoms with E-state index in [0.717, 1.165) is 75.0 Å². The first-order valence-electron chi connectivity index (χ1n) is 14.7. The van der Waals surface area contributed by atoms with E-state index in [4.69, 9.17) is 29.9 Å². The van der Waals surface area contributed by atoms with E-state index in [9.17, 15) is 10.1 Å². The number of ether oxygens (including phenoxy) is 1. The van der Waals surface area contributed by atoms with E-state index in [2.05, 4.69) is 26.4 Å². The average Bonchev–Trinajstić information content (AvgIpc) is 3.78. The van der Waals surface area contributed by atoms with Crippen molar-refractivity contribution in [3.63, 3.8) is 0 Å². The number of nitrogens with two attached hydrogens (primary N) is 1. The van der Waals surface area contributed by atoms with Gasteiger partial charge in [-0.25, -0.2) is 0 Å². The molecule has 3 N–H and O–H groups in total. The van der Waals surface area contributed by atoms with Crippen LogP contribution in [0, 0.1) is 11.3 Å². The van der Waals surface area contributed by atoms with Gasteiger partial charge in [-0.2, -0.15) is 25.2 Å². The molecule has 13 nitrogen and oxygen atoms in total. The number of piperazine rings is 1. The number of thiophene rings is 1. The molecular weight excluding hydrogens is 556 g/mol. The third kappa shape index (κ3) is 4.64. The molecule has 220 valence electrons. The van der Waals surface area contributed by atoms with E-state index < -0.39 is 5.41 Å². The Morgan fingerprint density at radius 2 is 2.00 bits per heavy atom. The number of fused-ring (bicyclic) bond motifs is 3. The lowest BCUT2D eigenvalue weighted by molar-refractivity contribution is -0.130. The van der Waals surface area contributed by atoms with Crippen molar-refractivity contribution in [1.82, 2.24) is 35.3 Å². The SMILES string of the molecule is CC(=O)N1CCC[C@@H]1COc1nc(-c2noc([C@]3(C)CCCc4sc(N)c(C#N)c43)n2)nc(N2C[C@H]3CC[C@@H](C2)N3)n1. The summed E-state index contributed by atoms with van der Waals surface area (Å²) in [5, 5.41) is 18.3. The number of anilines is 2. The second-order valence-electron chi connectivity index (χ2n) is 12.0. The molecule has 0 unspecified atom stereocenters. The van der Waals surface area contributed by atoms with Crippen LogP contribution < -0.4 is 20.7 Å². The van der Waals surface area contributed by atoms with Gasteiger partial charge in [0.1, 0.15) is 17.7 Å². The molecule has 14 heteroatoms. The van der Waals surface area contributed by atoms with Crippen LogP contribution in [0.3, 0.4) is 0 Å². The first-order valence-corrected chi connectivity index (χ1v) is 15.5. The van der Waals surface area contributed by atoms with Gasteiger partial charge in [-0.15, -0.1) is 11.3 Å². The predicted octanol–water partition coefficient (Wildman–Crippen LogP) is 2.41. The Bertz CT molecular complexity index is 1550. The second-order valence-corrected chi connectivity index (χ2v) is 13.1. The maximum Gasteiger partial charge on any atom is 0.321 e. The zero-order valence-electron chi connectivity index (χ0n) is 23.8. The van der Waals surface area contributed by atoms with E-state index in [1.165, 1.54) is 11.3 Å². The van der Waals surface area contributed by atoms with Crippen molar-refractivity contribution in [1.29, 1.82) is 5.26 Å². The number of carbonyl (C=O) groups excluding carboxylic acids is 1. The number of carbonyl (C=O) groups is 1. The Labute approximate surface area is 247 Å². The topological polar surface area (TPSA) is 172 Å². The molecule has 1 amide bonds. The summed E-state index contributed by atoms with van der Waals surface area (Å²) < 4.78 is 12.0. The Kier molecular flexibility index (Phi) is 6.73. The van der Waals surface area contributed by atoms with Gasteiger partial charge in [0.15, 0.2) is 0 Å². The van der Waals surface area contributed by atoms with Crippen molar-refractivity contribution in [3.8, 4) is 23.7 Å². The summed E-state index contributed by atoms with van der Waals surface area (Å²) in [6.45, 7) is 6.22. The number of amides is 1. The van der Waals surface area contributed by atoms with E-state index in [1.807, 2.05) is 11.8 Å². The first kappa shape index (κ1) is 27.0. The minimum Gasteiger partial charge on any atom is -0.461 e. The van der Waals surface area contributed by atoms with Crippen LogP contribution in [-0.2, 0) is 16.6 Å². The van der Waals surface area contributed by atoms with Crippen molar-refractivity contribution < 1.29 is 14.1 Å². The number of likely N-dealkylation sites (tertiary alicyclic amines) is 1. The molecule has 3 aliphatic heterocycles. The van der Waals surface area contributed by atoms with E-state index in [1.54, 1.807) is 6.92 Å². The maximum absolute atomic E-state index is 12.1. The molecular formula is C28H34N10O3S. The molecule has 7 rings (SSSR count). The minimum absolute atomic E-state index is 0.0224. The molecule has 3 saturated heterocycles. The van der Waals surface area contributed by atoms with Crippen molar-refractivity contribution >= 4 is 28.2 Å². The molecule has 1 aliphatic carbocycles. The van der Waals surface area contributed by atoms with Gasteiger partial charge < -0.3 is 30.1 Å². The standard InChI is InChI=1S/C28H34N10O3S/c1-15(39)38-10-4-5-18(38)14-40-27-34-23(33-26(35-27)37-12-16-7-8-17(13-37)31-16)24-32-25(41-36-24)28(2)9-3-6-20-21(28)19(11-29)22(30)42-20/h16-18,31H,3-10,12-14,30H2,1-2H3/t16-,17+,18-,28-/m1/s1. The lowest BCUT2D eigenvalue weighted by Gasteiger charge is -2.32. The largest absolute Gasteiger partial charge is 0.461 e. The highest BCUT2D eigenvalue weighted by atomic mass is 32.1. The van der Waals surface area contributed by atoms with Gasteiger partial charge in [0.25, 0.3) is 0 Å². The van der Waals surface area contributed by atoms with Gasteiger partial charge in [0.05, 0.1) is 17.0 Å². The van der Waals surface area contributed by atoms with Crippen molar-refractivity contribution in [3.05, 3.63) is 21.9 Å². The lowest BCUT2D eigenvalue weighted by Crippen LogP contribution is -2.51. The molecule has 4 aliphatic rings. The molecule has 4 atom stereocenters. The van der Waals surface area contributed by atoms with Crippen LogP contribution in [0.5, 0.6) is 6.01 Å². The van der Waals surface area contributed by atoms with Crippen molar-refractivity contribution in [2.24, 2.45) is 0 Å². The summed E-state index contributed by atoms with van der Waals surface area (Å²) in [6, 6.07) is 3.22. The zero-order valence-corrected chi connectivity index (χ0v) is 24.6. The number of hydrogen-bond donors (Lipinski definition) is 2. The molecule has 2 bridgehead atoms. The summed E-state index contributed by atoms with van der Waals surface area (Å²) >= 11 is 1.47. The smallest absolute Gasteiger partial charge is 0.321 e. The van der Waals surface area contributed by atoms with Gasteiger partial charge >= 0.3 is 6.01 Å². The molecule has 3 aromatic rings. The van der Waals surface area contributed by atoms with Crippen LogP contribution in [-0.4, -0.2) is 80.3 Å². The minimum atomic E-state index is -0.649. The number of aryl methyl sites for hydroxylation is 1. The monoisotopic (exact) mass is 590 g/mol. The fourth-order valence-electron chi connectivity index (χ4n) is 7.05. The summed E-state index contributed by atoms with van der Waals surface area (Å²) in [7, 11) is 0. The highest BCUT2D eigenvalue weighted by molar-refractivity contribution is 7.16. The van der Waals surface area contributed by atoms with Gasteiger partial charge in [-0.05, 0) is 51.9 Å². The van der Waals surface area contributed by atoms with Crippen LogP contribution >= 0.6 is 11.3 Å². The number of aromatic nitrogens is 5. The number of nitrogens with one attached hydrogen (secondary N) is 1. The highest BCUT2D eigenvalue weighted by Gasteiger charge is 2.43. The van der Waals surface area contributed by atoms with Gasteiger partial charge in [-0.1, -0.05) is 5.16 Å². The number of rotatable bonds is 6. The molecule has 0 saturated carbocycles. The average molecular weight is 591 g/mol. The summed E-state index contributed by atoms with van der Waals surface area (Å²) in [5.41, 5.74) is 6.94. The molecule has 0 aromatic carbocycles. The lowest BCUT2D eigenvalue weighted by atomic mass is 9.72. The zero-order chi connectivity index (χ0) is 29.0. The molecule has 0 spiro atoms. The number of nitrogens with zero attached hydrogens (tertiary/aromatic N) is 8. The van der Waals surface area contributed by atoms with Crippen LogP contribution in [0.15, 0.2) is 4.52 Å². The van der Waals surface area contributed by atoms with E-state index >= 15 is 0 Å². The molecule has 3 aromatic heterocycles. The van der Waals surface area contributed by atoms with E-state index in [0.29, 0.717) is 41.1 Å². The summed E-state index contributed by atoms with van der Waals surface area (Å²) in [5.74, 6) is 1.45. The van der Waals surface area contributed by atoms with Crippen LogP contribution in [0.1, 0.15) is 74.3 Å². The third-order valence-electron chi connectivity index (χ3n) is 9.14. The van der Waals surface area contributed by atoms with Crippen molar-refractivity contribution in [2.45, 2.75) is 82.3 Å². The fraction of sp³-hybridized carbons (Fsp3) is 0.607. The quantitative estimate of drug-likeness (QED) is 0.430. The van der Waals surface area contributed by atoms with Crippen molar-refractivity contribution in [2.75, 3.05) is 36.9 Å². The van der Waals surface area contributed by atoms with Crippen LogP contribution in [0.4, 0.5) is 10.9 Å². The summed E-state index contributed by atoms with van der Waals surface area (Å²) in [4.78, 5) is 36.0. The van der Waals surface area contributed by atoms with E-state index in [-0.39, 0.29) is 29.6 Å². The molecule has 6 heterocycles. The molecule has 3 fully saturated rings. The predicted molar refractivity (Wildman–Crippen MR) is 154 cm³/mol. The Morgan fingerprint density at radius 1 is 1.19 bits per heavy atom. The normalized spacial score (nSPS) is 26.7.